The first-order chi connectivity index (χ1) is 5.29. The molecule has 1 aliphatic rings. The molecule has 0 radical (unpaired) electrons. The molecular formula is C10H11N. The van der Waals surface area contributed by atoms with E-state index < -0.39 is 0 Å². The number of nitrogens with zero attached hydrogens (tertiary/aromatic N) is 1. The van der Waals surface area contributed by atoms with Gasteiger partial charge in [-0.3, -0.25) is 4.98 Å². The van der Waals surface area contributed by atoms with E-state index in [-0.39, 0.29) is 0 Å². The van der Waals surface area contributed by atoms with Crippen LogP contribution in [0.4, 0.5) is 0 Å². The van der Waals surface area contributed by atoms with Crippen LogP contribution in [-0.4, -0.2) is 4.98 Å². The highest BCUT2D eigenvalue weighted by atomic mass is 14.7. The van der Waals surface area contributed by atoms with Gasteiger partial charge >= 0.3 is 0 Å². The Labute approximate surface area is 66.8 Å². The van der Waals surface area contributed by atoms with Gasteiger partial charge in [-0.2, -0.15) is 0 Å². The Morgan fingerprint density at radius 2 is 2.18 bits per heavy atom. The van der Waals surface area contributed by atoms with Crippen molar-refractivity contribution in [3.8, 4) is 0 Å². The quantitative estimate of drug-likeness (QED) is 0.545. The number of aryl methyl sites for hydroxylation is 2. The van der Waals surface area contributed by atoms with E-state index >= 15 is 0 Å². The van der Waals surface area contributed by atoms with Crippen molar-refractivity contribution in [3.63, 3.8) is 0 Å². The molecule has 0 aliphatic heterocycles. The van der Waals surface area contributed by atoms with Crippen molar-refractivity contribution in [2.45, 2.75) is 20.3 Å². The first-order valence-electron chi connectivity index (χ1n) is 3.90. The van der Waals surface area contributed by atoms with Crippen molar-refractivity contribution in [2.75, 3.05) is 0 Å². The van der Waals surface area contributed by atoms with Gasteiger partial charge in [0.1, 0.15) is 0 Å². The summed E-state index contributed by atoms with van der Waals surface area (Å²) in [6.07, 6.45) is 7.41. The molecule has 0 saturated heterocycles. The maximum Gasteiger partial charge on any atom is 0.0413 e. The molecule has 1 aromatic heterocycles. The Hall–Kier alpha value is -1.11. The molecular weight excluding hydrogens is 134 g/mol. The van der Waals surface area contributed by atoms with E-state index in [1.165, 1.54) is 22.4 Å². The summed E-state index contributed by atoms with van der Waals surface area (Å²) < 4.78 is 0. The SMILES string of the molecule is Cc1cnc(C)c2c1C=CC2. The van der Waals surface area contributed by atoms with Gasteiger partial charge in [0.15, 0.2) is 0 Å². The van der Waals surface area contributed by atoms with Crippen LogP contribution in [0.1, 0.15) is 22.4 Å². The van der Waals surface area contributed by atoms with Gasteiger partial charge in [0.2, 0.25) is 0 Å². The van der Waals surface area contributed by atoms with Gasteiger partial charge in [0.05, 0.1) is 0 Å². The van der Waals surface area contributed by atoms with Crippen LogP contribution in [-0.2, 0) is 6.42 Å². The maximum atomic E-state index is 4.31. The number of pyridine rings is 1. The van der Waals surface area contributed by atoms with Crippen LogP contribution in [0.3, 0.4) is 0 Å². The lowest BCUT2D eigenvalue weighted by Crippen LogP contribution is -1.93. The molecule has 0 aromatic carbocycles. The molecule has 0 saturated carbocycles. The largest absolute Gasteiger partial charge is 0.261 e. The molecule has 1 heteroatoms. The zero-order valence-electron chi connectivity index (χ0n) is 6.89. The zero-order valence-corrected chi connectivity index (χ0v) is 6.89. The minimum atomic E-state index is 1.07. The minimum absolute atomic E-state index is 1.07. The van der Waals surface area contributed by atoms with E-state index in [1.807, 2.05) is 6.20 Å². The second-order valence-corrected chi connectivity index (χ2v) is 3.03. The molecule has 0 fully saturated rings. The first-order valence-corrected chi connectivity index (χ1v) is 3.90. The summed E-state index contributed by atoms with van der Waals surface area (Å²) >= 11 is 0. The number of hydrogen-bond acceptors (Lipinski definition) is 1. The van der Waals surface area contributed by atoms with Crippen molar-refractivity contribution in [3.05, 3.63) is 34.7 Å². The van der Waals surface area contributed by atoms with Crippen LogP contribution in [0, 0.1) is 13.8 Å². The van der Waals surface area contributed by atoms with Crippen molar-refractivity contribution in [1.82, 2.24) is 4.98 Å². The Morgan fingerprint density at radius 3 is 2.91 bits per heavy atom. The summed E-state index contributed by atoms with van der Waals surface area (Å²) in [5, 5.41) is 0. The fourth-order valence-corrected chi connectivity index (χ4v) is 1.56. The summed E-state index contributed by atoms with van der Waals surface area (Å²) in [5.74, 6) is 0. The number of allylic oxidation sites excluding steroid dienone is 1. The number of fused-ring (bicyclic) bond motifs is 1. The lowest BCUT2D eigenvalue weighted by molar-refractivity contribution is 1.09. The number of aromatic nitrogens is 1. The van der Waals surface area contributed by atoms with Crippen LogP contribution in [0.5, 0.6) is 0 Å². The lowest BCUT2D eigenvalue weighted by atomic mass is 10.1. The molecule has 1 heterocycles. The standard InChI is InChI=1S/C10H11N/c1-7-6-11-8(2)10-5-3-4-9(7)10/h3-4,6H,5H2,1-2H3. The third kappa shape index (κ3) is 0.881. The molecule has 0 atom stereocenters. The molecule has 0 unspecified atom stereocenters. The predicted octanol–water partition coefficient (Wildman–Crippen LogP) is 2.27. The van der Waals surface area contributed by atoms with Crippen molar-refractivity contribution in [2.24, 2.45) is 0 Å². The van der Waals surface area contributed by atoms with Gasteiger partial charge in [-0.1, -0.05) is 12.2 Å². The van der Waals surface area contributed by atoms with Crippen molar-refractivity contribution in [1.29, 1.82) is 0 Å². The van der Waals surface area contributed by atoms with Crippen molar-refractivity contribution >= 4 is 6.08 Å². The van der Waals surface area contributed by atoms with E-state index in [9.17, 15) is 0 Å². The zero-order chi connectivity index (χ0) is 7.84. The Morgan fingerprint density at radius 1 is 1.36 bits per heavy atom. The van der Waals surface area contributed by atoms with Gasteiger partial charge < -0.3 is 0 Å². The van der Waals surface area contributed by atoms with Gasteiger partial charge in [0, 0.05) is 11.9 Å². The van der Waals surface area contributed by atoms with Crippen LogP contribution >= 0.6 is 0 Å². The van der Waals surface area contributed by atoms with Gasteiger partial charge in [-0.05, 0) is 37.0 Å². The summed E-state index contributed by atoms with van der Waals surface area (Å²) in [7, 11) is 0. The van der Waals surface area contributed by atoms with Crippen LogP contribution < -0.4 is 0 Å². The van der Waals surface area contributed by atoms with Gasteiger partial charge in [0.25, 0.3) is 0 Å². The average Bonchev–Trinajstić information content (AvgIpc) is 2.45. The van der Waals surface area contributed by atoms with Crippen LogP contribution in [0.25, 0.3) is 6.08 Å². The molecule has 2 rings (SSSR count). The molecule has 1 aliphatic carbocycles. The highest BCUT2D eigenvalue weighted by molar-refractivity contribution is 5.63. The van der Waals surface area contributed by atoms with E-state index in [1.54, 1.807) is 0 Å². The highest BCUT2D eigenvalue weighted by Crippen LogP contribution is 2.23. The van der Waals surface area contributed by atoms with E-state index in [4.69, 9.17) is 0 Å². The monoisotopic (exact) mass is 145 g/mol. The Balaban J connectivity index is 2.71. The molecule has 11 heavy (non-hydrogen) atoms. The summed E-state index contributed by atoms with van der Waals surface area (Å²) in [5.41, 5.74) is 5.26. The lowest BCUT2D eigenvalue weighted by Gasteiger charge is -2.04. The molecule has 0 N–H and O–H groups in total. The highest BCUT2D eigenvalue weighted by Gasteiger charge is 2.10. The molecule has 0 bridgehead atoms. The molecule has 56 valence electrons. The third-order valence-corrected chi connectivity index (χ3v) is 2.25. The molecule has 0 amide bonds. The second kappa shape index (κ2) is 2.19. The molecule has 1 nitrogen and oxygen atoms in total. The Bertz CT molecular complexity index is 324. The van der Waals surface area contributed by atoms with Gasteiger partial charge in [-0.15, -0.1) is 0 Å². The fourth-order valence-electron chi connectivity index (χ4n) is 1.56. The summed E-state index contributed by atoms with van der Waals surface area (Å²) in [4.78, 5) is 4.31. The topological polar surface area (TPSA) is 12.9 Å². The van der Waals surface area contributed by atoms with Crippen LogP contribution in [0.15, 0.2) is 12.3 Å². The number of rotatable bonds is 0. The normalized spacial score (nSPS) is 13.6. The summed E-state index contributed by atoms with van der Waals surface area (Å²) in [6.45, 7) is 4.19. The average molecular weight is 145 g/mol. The first kappa shape index (κ1) is 6.59. The molecule has 1 aromatic rings. The maximum absolute atomic E-state index is 4.31. The fraction of sp³-hybridized carbons (Fsp3) is 0.300. The Kier molecular flexibility index (Phi) is 1.31. The third-order valence-electron chi connectivity index (χ3n) is 2.25. The van der Waals surface area contributed by atoms with Crippen LogP contribution in [0.2, 0.25) is 0 Å². The van der Waals surface area contributed by atoms with E-state index in [2.05, 4.69) is 31.0 Å². The van der Waals surface area contributed by atoms with E-state index in [0.29, 0.717) is 0 Å². The van der Waals surface area contributed by atoms with E-state index in [0.717, 1.165) is 6.42 Å². The summed E-state index contributed by atoms with van der Waals surface area (Å²) in [6, 6.07) is 0. The minimum Gasteiger partial charge on any atom is -0.261 e. The molecule has 0 spiro atoms. The predicted molar refractivity (Wildman–Crippen MR) is 46.4 cm³/mol. The smallest absolute Gasteiger partial charge is 0.0413 e. The number of hydrogen-bond donors (Lipinski definition) is 0. The second-order valence-electron chi connectivity index (χ2n) is 3.03. The van der Waals surface area contributed by atoms with Crippen molar-refractivity contribution < 1.29 is 0 Å². The van der Waals surface area contributed by atoms with Gasteiger partial charge in [-0.25, -0.2) is 0 Å².